The summed E-state index contributed by atoms with van der Waals surface area (Å²) in [7, 11) is 0. The van der Waals surface area contributed by atoms with E-state index in [0.29, 0.717) is 23.1 Å². The molecule has 8 nitrogen and oxygen atoms in total. The minimum Gasteiger partial charge on any atom is -0.475 e. The van der Waals surface area contributed by atoms with Gasteiger partial charge in [0.1, 0.15) is 11.3 Å². The van der Waals surface area contributed by atoms with Crippen LogP contribution in [0.3, 0.4) is 0 Å². The van der Waals surface area contributed by atoms with E-state index in [1.54, 1.807) is 13.8 Å². The first-order valence-corrected chi connectivity index (χ1v) is 11.1. The number of carbonyl (C=O) groups excluding carboxylic acids is 1. The molecule has 0 bridgehead atoms. The van der Waals surface area contributed by atoms with Gasteiger partial charge in [0.25, 0.3) is 5.91 Å². The summed E-state index contributed by atoms with van der Waals surface area (Å²) in [5, 5.41) is 13.9. The summed E-state index contributed by atoms with van der Waals surface area (Å²) in [5.74, 6) is -2.39. The topological polar surface area (TPSA) is 98.9 Å². The molecular weight excluding hydrogens is 453 g/mol. The van der Waals surface area contributed by atoms with Gasteiger partial charge in [-0.3, -0.25) is 9.69 Å². The van der Waals surface area contributed by atoms with Crippen LogP contribution in [0.5, 0.6) is 0 Å². The minimum atomic E-state index is -5.08. The predicted octanol–water partition coefficient (Wildman–Crippen LogP) is 4.24. The van der Waals surface area contributed by atoms with Crippen LogP contribution in [0.15, 0.2) is 28.8 Å². The number of halogens is 3. The largest absolute Gasteiger partial charge is 0.490 e. The van der Waals surface area contributed by atoms with Gasteiger partial charge < -0.3 is 19.8 Å². The van der Waals surface area contributed by atoms with Crippen molar-refractivity contribution in [3.8, 4) is 0 Å². The summed E-state index contributed by atoms with van der Waals surface area (Å²) in [6.45, 7) is 9.31. The zero-order valence-corrected chi connectivity index (χ0v) is 19.4. The Hall–Kier alpha value is -3.08. The van der Waals surface area contributed by atoms with Crippen molar-refractivity contribution in [2.45, 2.75) is 58.3 Å². The summed E-state index contributed by atoms with van der Waals surface area (Å²) < 4.78 is 36.8. The zero-order valence-electron chi connectivity index (χ0n) is 19.4. The molecule has 2 aliphatic heterocycles. The third kappa shape index (κ3) is 6.07. The standard InChI is InChI=1S/C21H28N4O2.C2HF3O2/c1-14-5-4-11-25(14)19-10-12-24(13-19)18-8-6-17(7-9-18)22-21(26)20-15(2)23-27-16(20)3;3-2(4,5)1(6)7/h6-9,14,19H,4-5,10-13H2,1-3H3,(H,22,26);(H,6,7). The van der Waals surface area contributed by atoms with Gasteiger partial charge in [-0.15, -0.1) is 0 Å². The number of carbonyl (C=O) groups is 2. The van der Waals surface area contributed by atoms with Crippen molar-refractivity contribution in [1.29, 1.82) is 0 Å². The number of aliphatic carboxylic acids is 1. The van der Waals surface area contributed by atoms with E-state index in [1.165, 1.54) is 31.5 Å². The lowest BCUT2D eigenvalue weighted by molar-refractivity contribution is -0.192. The molecule has 0 aliphatic carbocycles. The number of carboxylic acids is 1. The highest BCUT2D eigenvalue weighted by Crippen LogP contribution is 2.29. The van der Waals surface area contributed by atoms with E-state index in [9.17, 15) is 18.0 Å². The van der Waals surface area contributed by atoms with Crippen LogP contribution < -0.4 is 10.2 Å². The summed E-state index contributed by atoms with van der Waals surface area (Å²) in [6, 6.07) is 9.52. The second-order valence-electron chi connectivity index (χ2n) is 8.62. The Morgan fingerprint density at radius 2 is 1.79 bits per heavy atom. The molecule has 3 heterocycles. The lowest BCUT2D eigenvalue weighted by Crippen LogP contribution is -2.39. The quantitative estimate of drug-likeness (QED) is 0.673. The van der Waals surface area contributed by atoms with Crippen LogP contribution in [-0.4, -0.2) is 64.9 Å². The average molecular weight is 483 g/mol. The van der Waals surface area contributed by atoms with Crippen molar-refractivity contribution in [1.82, 2.24) is 10.1 Å². The Kier molecular flexibility index (Phi) is 7.86. The lowest BCUT2D eigenvalue weighted by atomic mass is 10.2. The van der Waals surface area contributed by atoms with Crippen molar-refractivity contribution in [3.05, 3.63) is 41.3 Å². The molecule has 2 unspecified atom stereocenters. The highest BCUT2D eigenvalue weighted by Gasteiger charge is 2.38. The smallest absolute Gasteiger partial charge is 0.475 e. The number of alkyl halides is 3. The number of nitrogens with one attached hydrogen (secondary N) is 1. The van der Waals surface area contributed by atoms with Crippen LogP contribution in [0.1, 0.15) is 48.0 Å². The Morgan fingerprint density at radius 3 is 2.29 bits per heavy atom. The Bertz CT molecular complexity index is 987. The third-order valence-electron chi connectivity index (χ3n) is 6.23. The highest BCUT2D eigenvalue weighted by molar-refractivity contribution is 6.05. The molecular formula is C23H29F3N4O4. The second-order valence-corrected chi connectivity index (χ2v) is 8.62. The molecule has 0 radical (unpaired) electrons. The number of amides is 1. The summed E-state index contributed by atoms with van der Waals surface area (Å²) in [4.78, 5) is 26.5. The van der Waals surface area contributed by atoms with Gasteiger partial charge in [0.05, 0.1) is 5.69 Å². The molecule has 0 saturated carbocycles. The summed E-state index contributed by atoms with van der Waals surface area (Å²) in [5.41, 5.74) is 3.13. The second kappa shape index (κ2) is 10.5. The SMILES string of the molecule is Cc1noc(C)c1C(=O)Nc1ccc(N2CCC(N3CCCC3C)C2)cc1.O=C(O)C(F)(F)F. The summed E-state index contributed by atoms with van der Waals surface area (Å²) >= 11 is 0. The van der Waals surface area contributed by atoms with Gasteiger partial charge in [-0.25, -0.2) is 4.79 Å². The number of benzene rings is 1. The molecule has 2 aromatic rings. The monoisotopic (exact) mass is 482 g/mol. The number of anilines is 2. The van der Waals surface area contributed by atoms with Gasteiger partial charge in [0.15, 0.2) is 0 Å². The summed E-state index contributed by atoms with van der Waals surface area (Å²) in [6.07, 6.45) is -1.19. The molecule has 0 spiro atoms. The third-order valence-corrected chi connectivity index (χ3v) is 6.23. The number of rotatable bonds is 4. The van der Waals surface area contributed by atoms with Crippen molar-refractivity contribution in [3.63, 3.8) is 0 Å². The highest BCUT2D eigenvalue weighted by atomic mass is 19.4. The van der Waals surface area contributed by atoms with Crippen LogP contribution in [0, 0.1) is 13.8 Å². The first-order chi connectivity index (χ1) is 16.0. The zero-order chi connectivity index (χ0) is 25.0. The van der Waals surface area contributed by atoms with Gasteiger partial charge in [-0.05, 0) is 70.8 Å². The number of hydrogen-bond acceptors (Lipinski definition) is 6. The first kappa shape index (κ1) is 25.5. The van der Waals surface area contributed by atoms with E-state index in [4.69, 9.17) is 14.4 Å². The fraction of sp³-hybridized carbons (Fsp3) is 0.522. The minimum absolute atomic E-state index is 0.178. The molecule has 2 saturated heterocycles. The van der Waals surface area contributed by atoms with E-state index >= 15 is 0 Å². The van der Waals surface area contributed by atoms with Crippen molar-refractivity contribution in [2.24, 2.45) is 0 Å². The molecule has 2 N–H and O–H groups in total. The van der Waals surface area contributed by atoms with E-state index in [0.717, 1.165) is 24.8 Å². The van der Waals surface area contributed by atoms with Crippen LogP contribution in [0.2, 0.25) is 0 Å². The molecule has 2 fully saturated rings. The number of aryl methyl sites for hydroxylation is 2. The molecule has 186 valence electrons. The maximum Gasteiger partial charge on any atom is 0.490 e. The van der Waals surface area contributed by atoms with Crippen molar-refractivity contribution >= 4 is 23.3 Å². The Balaban J connectivity index is 0.000000406. The van der Waals surface area contributed by atoms with E-state index in [1.807, 2.05) is 12.1 Å². The molecule has 1 amide bonds. The van der Waals surface area contributed by atoms with E-state index < -0.39 is 12.1 Å². The number of aromatic nitrogens is 1. The Morgan fingerprint density at radius 1 is 1.15 bits per heavy atom. The van der Waals surface area contributed by atoms with Crippen molar-refractivity contribution < 1.29 is 32.4 Å². The maximum absolute atomic E-state index is 12.5. The van der Waals surface area contributed by atoms with E-state index in [-0.39, 0.29) is 5.91 Å². The van der Waals surface area contributed by atoms with Crippen LogP contribution in [0.4, 0.5) is 24.5 Å². The van der Waals surface area contributed by atoms with Gasteiger partial charge in [-0.1, -0.05) is 5.16 Å². The molecule has 4 rings (SSSR count). The molecule has 34 heavy (non-hydrogen) atoms. The first-order valence-electron chi connectivity index (χ1n) is 11.1. The average Bonchev–Trinajstić information content (AvgIpc) is 3.48. The molecule has 2 atom stereocenters. The lowest BCUT2D eigenvalue weighted by Gasteiger charge is -2.28. The predicted molar refractivity (Wildman–Crippen MR) is 120 cm³/mol. The fourth-order valence-corrected chi connectivity index (χ4v) is 4.50. The van der Waals surface area contributed by atoms with Gasteiger partial charge in [0, 0.05) is 36.5 Å². The van der Waals surface area contributed by atoms with Gasteiger partial charge in [-0.2, -0.15) is 13.2 Å². The molecule has 1 aromatic carbocycles. The van der Waals surface area contributed by atoms with Gasteiger partial charge in [0.2, 0.25) is 0 Å². The Labute approximate surface area is 195 Å². The number of nitrogens with zero attached hydrogens (tertiary/aromatic N) is 3. The fourth-order valence-electron chi connectivity index (χ4n) is 4.50. The maximum atomic E-state index is 12.5. The number of hydrogen-bond donors (Lipinski definition) is 2. The van der Waals surface area contributed by atoms with Crippen molar-refractivity contribution in [2.75, 3.05) is 29.9 Å². The normalized spacial score (nSPS) is 20.7. The number of carboxylic acid groups (broad SMARTS) is 1. The van der Waals surface area contributed by atoms with Gasteiger partial charge >= 0.3 is 12.1 Å². The van der Waals surface area contributed by atoms with Crippen LogP contribution in [0.25, 0.3) is 0 Å². The number of likely N-dealkylation sites (tertiary alicyclic amines) is 1. The van der Waals surface area contributed by atoms with Crippen LogP contribution >= 0.6 is 0 Å². The molecule has 2 aliphatic rings. The molecule has 1 aromatic heterocycles. The van der Waals surface area contributed by atoms with E-state index in [2.05, 4.69) is 39.3 Å². The van der Waals surface area contributed by atoms with Crippen LogP contribution in [-0.2, 0) is 4.79 Å². The molecule has 11 heteroatoms.